The van der Waals surface area contributed by atoms with E-state index < -0.39 is 0 Å². The lowest BCUT2D eigenvalue weighted by Crippen LogP contribution is -2.40. The Bertz CT molecular complexity index is 463. The predicted octanol–water partition coefficient (Wildman–Crippen LogP) is 2.13. The molecule has 0 saturated carbocycles. The van der Waals surface area contributed by atoms with Gasteiger partial charge in [0, 0.05) is 25.6 Å². The molecule has 4 heteroatoms. The molecule has 0 bridgehead atoms. The molecule has 0 aliphatic carbocycles. The van der Waals surface area contributed by atoms with Crippen LogP contribution in [0.3, 0.4) is 0 Å². The first-order valence-electron chi connectivity index (χ1n) is 7.44. The van der Waals surface area contributed by atoms with Gasteiger partial charge in [0.15, 0.2) is 0 Å². The summed E-state index contributed by atoms with van der Waals surface area (Å²) in [5.41, 5.74) is 8.39. The van der Waals surface area contributed by atoms with Crippen LogP contribution in [0.5, 0.6) is 0 Å². The quantitative estimate of drug-likeness (QED) is 0.844. The van der Waals surface area contributed by atoms with E-state index in [-0.39, 0.29) is 17.4 Å². The molecule has 0 aliphatic rings. The second kappa shape index (κ2) is 7.57. The van der Waals surface area contributed by atoms with Crippen molar-refractivity contribution in [1.29, 1.82) is 0 Å². The average Bonchev–Trinajstić information content (AvgIpc) is 2.36. The van der Waals surface area contributed by atoms with Crippen LogP contribution >= 0.6 is 0 Å². The van der Waals surface area contributed by atoms with Gasteiger partial charge in [-0.05, 0) is 30.6 Å². The first kappa shape index (κ1) is 17.7. The highest BCUT2D eigenvalue weighted by Gasteiger charge is 2.23. The minimum atomic E-state index is -0.130. The van der Waals surface area contributed by atoms with Gasteiger partial charge in [0.1, 0.15) is 0 Å². The van der Waals surface area contributed by atoms with Gasteiger partial charge in [-0.1, -0.05) is 45.0 Å². The maximum absolute atomic E-state index is 12.0. The number of hydrogen-bond acceptors (Lipinski definition) is 3. The van der Waals surface area contributed by atoms with Gasteiger partial charge in [0.25, 0.3) is 0 Å². The molecule has 1 atom stereocenters. The van der Waals surface area contributed by atoms with Crippen molar-refractivity contribution in [3.8, 4) is 0 Å². The Balaban J connectivity index is 2.57. The molecule has 0 aromatic heterocycles. The molecule has 0 spiro atoms. The fourth-order valence-corrected chi connectivity index (χ4v) is 2.00. The van der Waals surface area contributed by atoms with Crippen molar-refractivity contribution in [3.05, 3.63) is 35.4 Å². The van der Waals surface area contributed by atoms with Crippen LogP contribution in [0.4, 0.5) is 0 Å². The third-order valence-electron chi connectivity index (χ3n) is 3.60. The number of nitrogens with two attached hydrogens (primary N) is 1. The molecule has 3 N–H and O–H groups in total. The van der Waals surface area contributed by atoms with E-state index in [9.17, 15) is 4.79 Å². The third kappa shape index (κ3) is 6.27. The zero-order chi connectivity index (χ0) is 16.0. The number of rotatable bonds is 6. The highest BCUT2D eigenvalue weighted by molar-refractivity contribution is 5.76. The number of hydrogen-bond donors (Lipinski definition) is 2. The van der Waals surface area contributed by atoms with Crippen LogP contribution in [0.2, 0.25) is 0 Å². The van der Waals surface area contributed by atoms with E-state index in [0.29, 0.717) is 13.0 Å². The number of benzene rings is 1. The zero-order valence-corrected chi connectivity index (χ0v) is 13.9. The molecular formula is C17H29N3O. The Morgan fingerprint density at radius 1 is 1.24 bits per heavy atom. The van der Waals surface area contributed by atoms with Crippen LogP contribution in [-0.2, 0) is 17.9 Å². The summed E-state index contributed by atoms with van der Waals surface area (Å²) in [6.45, 7) is 7.58. The first-order valence-corrected chi connectivity index (χ1v) is 7.44. The monoisotopic (exact) mass is 291 g/mol. The number of amides is 1. The SMILES string of the molecule is CN(C)Cc1ccccc1CNC(=O)CC(N)C(C)(C)C. The van der Waals surface area contributed by atoms with Gasteiger partial charge < -0.3 is 16.0 Å². The smallest absolute Gasteiger partial charge is 0.221 e. The summed E-state index contributed by atoms with van der Waals surface area (Å²) in [7, 11) is 4.08. The molecule has 0 saturated heterocycles. The van der Waals surface area contributed by atoms with Crippen LogP contribution < -0.4 is 11.1 Å². The van der Waals surface area contributed by atoms with Crippen LogP contribution in [0.15, 0.2) is 24.3 Å². The lowest BCUT2D eigenvalue weighted by Gasteiger charge is -2.26. The van der Waals surface area contributed by atoms with Gasteiger partial charge >= 0.3 is 0 Å². The molecule has 0 radical (unpaired) electrons. The van der Waals surface area contributed by atoms with Crippen molar-refractivity contribution in [1.82, 2.24) is 10.2 Å². The van der Waals surface area contributed by atoms with Gasteiger partial charge in [-0.25, -0.2) is 0 Å². The zero-order valence-electron chi connectivity index (χ0n) is 13.9. The minimum Gasteiger partial charge on any atom is -0.352 e. The molecular weight excluding hydrogens is 262 g/mol. The van der Waals surface area contributed by atoms with E-state index >= 15 is 0 Å². The number of nitrogens with zero attached hydrogens (tertiary/aromatic N) is 1. The largest absolute Gasteiger partial charge is 0.352 e. The number of carbonyl (C=O) groups excluding carboxylic acids is 1. The fourth-order valence-electron chi connectivity index (χ4n) is 2.00. The Hall–Kier alpha value is -1.39. The predicted molar refractivity (Wildman–Crippen MR) is 87.7 cm³/mol. The van der Waals surface area contributed by atoms with Crippen LogP contribution in [0, 0.1) is 5.41 Å². The molecule has 0 fully saturated rings. The molecule has 118 valence electrons. The Morgan fingerprint density at radius 3 is 2.33 bits per heavy atom. The molecule has 0 aliphatic heterocycles. The Labute approximate surface area is 128 Å². The van der Waals surface area contributed by atoms with Gasteiger partial charge in [-0.15, -0.1) is 0 Å². The Morgan fingerprint density at radius 2 is 1.81 bits per heavy atom. The van der Waals surface area contributed by atoms with E-state index in [1.54, 1.807) is 0 Å². The molecule has 1 aromatic carbocycles. The molecule has 21 heavy (non-hydrogen) atoms. The summed E-state index contributed by atoms with van der Waals surface area (Å²) in [4.78, 5) is 14.1. The lowest BCUT2D eigenvalue weighted by molar-refractivity contribution is -0.122. The molecule has 1 unspecified atom stereocenters. The number of carbonyl (C=O) groups is 1. The van der Waals surface area contributed by atoms with Crippen molar-refractivity contribution < 1.29 is 4.79 Å². The fraction of sp³-hybridized carbons (Fsp3) is 0.588. The maximum atomic E-state index is 12.0. The van der Waals surface area contributed by atoms with Crippen LogP contribution in [0.25, 0.3) is 0 Å². The highest BCUT2D eigenvalue weighted by atomic mass is 16.1. The lowest BCUT2D eigenvalue weighted by atomic mass is 9.85. The molecule has 1 rings (SSSR count). The maximum Gasteiger partial charge on any atom is 0.221 e. The summed E-state index contributed by atoms with van der Waals surface area (Å²) >= 11 is 0. The van der Waals surface area contributed by atoms with Crippen LogP contribution in [-0.4, -0.2) is 30.9 Å². The first-order chi connectivity index (χ1) is 9.70. The summed E-state index contributed by atoms with van der Waals surface area (Å²) in [5, 5.41) is 2.98. The standard InChI is InChI=1S/C17H29N3O/c1-17(2,3)15(18)10-16(21)19-11-13-8-6-7-9-14(13)12-20(4)5/h6-9,15H,10-12,18H2,1-5H3,(H,19,21). The van der Waals surface area contributed by atoms with E-state index in [2.05, 4.69) is 43.1 Å². The van der Waals surface area contributed by atoms with Gasteiger partial charge in [0.05, 0.1) is 0 Å². The molecule has 4 nitrogen and oxygen atoms in total. The van der Waals surface area contributed by atoms with E-state index in [1.807, 2.05) is 26.2 Å². The summed E-state index contributed by atoms with van der Waals surface area (Å²) in [6, 6.07) is 8.06. The summed E-state index contributed by atoms with van der Waals surface area (Å²) in [5.74, 6) is 0.0112. The van der Waals surface area contributed by atoms with E-state index in [0.717, 1.165) is 12.1 Å². The van der Waals surface area contributed by atoms with Gasteiger partial charge in [0.2, 0.25) is 5.91 Å². The van der Waals surface area contributed by atoms with Gasteiger partial charge in [-0.3, -0.25) is 4.79 Å². The Kier molecular flexibility index (Phi) is 6.37. The second-order valence-corrected chi connectivity index (χ2v) is 6.96. The van der Waals surface area contributed by atoms with E-state index in [1.165, 1.54) is 5.56 Å². The average molecular weight is 291 g/mol. The minimum absolute atomic E-state index is 0.0112. The van der Waals surface area contributed by atoms with Crippen molar-refractivity contribution in [2.45, 2.75) is 46.3 Å². The second-order valence-electron chi connectivity index (χ2n) is 6.96. The molecule has 1 aromatic rings. The van der Waals surface area contributed by atoms with E-state index in [4.69, 9.17) is 5.73 Å². The highest BCUT2D eigenvalue weighted by Crippen LogP contribution is 2.19. The topological polar surface area (TPSA) is 58.4 Å². The van der Waals surface area contributed by atoms with Crippen LogP contribution in [0.1, 0.15) is 38.3 Å². The molecule has 1 amide bonds. The van der Waals surface area contributed by atoms with Gasteiger partial charge in [-0.2, -0.15) is 0 Å². The molecule has 0 heterocycles. The van der Waals surface area contributed by atoms with Crippen molar-refractivity contribution in [3.63, 3.8) is 0 Å². The third-order valence-corrected chi connectivity index (χ3v) is 3.60. The summed E-state index contributed by atoms with van der Waals surface area (Å²) in [6.07, 6.45) is 0.360. The number of nitrogens with one attached hydrogen (secondary N) is 1. The summed E-state index contributed by atoms with van der Waals surface area (Å²) < 4.78 is 0. The normalized spacial score (nSPS) is 13.3. The van der Waals surface area contributed by atoms with Crippen molar-refractivity contribution >= 4 is 5.91 Å². The van der Waals surface area contributed by atoms with Crippen molar-refractivity contribution in [2.24, 2.45) is 11.1 Å². The van der Waals surface area contributed by atoms with Crippen molar-refractivity contribution in [2.75, 3.05) is 14.1 Å².